The van der Waals surface area contributed by atoms with Gasteiger partial charge in [0.15, 0.2) is 0 Å². The molecule has 0 unspecified atom stereocenters. The SMILES string of the molecule is CCc1cccc(NC(=O)c2csc3cnc(N[C@@H]4CCOC[C@@H]4NC(=O)OC(C)(C)C)nc23)n1. The number of ether oxygens (including phenoxy) is 2. The van der Waals surface area contributed by atoms with Crippen LogP contribution < -0.4 is 16.0 Å². The molecule has 3 aromatic heterocycles. The summed E-state index contributed by atoms with van der Waals surface area (Å²) in [6.07, 6.45) is 2.62. The minimum Gasteiger partial charge on any atom is -0.444 e. The van der Waals surface area contributed by atoms with E-state index < -0.39 is 11.7 Å². The zero-order valence-corrected chi connectivity index (χ0v) is 21.1. The first-order chi connectivity index (χ1) is 16.7. The average Bonchev–Trinajstić information content (AvgIpc) is 3.23. The smallest absolute Gasteiger partial charge is 0.408 e. The summed E-state index contributed by atoms with van der Waals surface area (Å²) in [7, 11) is 0. The number of carbonyl (C=O) groups is 2. The van der Waals surface area contributed by atoms with Gasteiger partial charge in [0.05, 0.1) is 40.7 Å². The summed E-state index contributed by atoms with van der Waals surface area (Å²) in [5.41, 5.74) is 1.31. The lowest BCUT2D eigenvalue weighted by Crippen LogP contribution is -2.53. The number of fused-ring (bicyclic) bond motifs is 1. The van der Waals surface area contributed by atoms with E-state index in [1.165, 1.54) is 11.3 Å². The number of aromatic nitrogens is 3. The molecule has 2 amide bonds. The summed E-state index contributed by atoms with van der Waals surface area (Å²) in [5, 5.41) is 10.8. The first kappa shape index (κ1) is 24.8. The molecule has 0 radical (unpaired) electrons. The Balaban J connectivity index is 1.49. The maximum Gasteiger partial charge on any atom is 0.408 e. The van der Waals surface area contributed by atoms with Crippen LogP contribution in [0.4, 0.5) is 16.6 Å². The van der Waals surface area contributed by atoms with E-state index in [1.54, 1.807) is 17.6 Å². The molecule has 4 heterocycles. The van der Waals surface area contributed by atoms with Gasteiger partial charge in [-0.1, -0.05) is 13.0 Å². The van der Waals surface area contributed by atoms with Crippen LogP contribution in [0.5, 0.6) is 0 Å². The molecule has 35 heavy (non-hydrogen) atoms. The Kier molecular flexibility index (Phi) is 7.46. The van der Waals surface area contributed by atoms with Gasteiger partial charge in [-0.15, -0.1) is 11.3 Å². The van der Waals surface area contributed by atoms with Crippen molar-refractivity contribution in [3.8, 4) is 0 Å². The normalized spacial score (nSPS) is 18.2. The van der Waals surface area contributed by atoms with Gasteiger partial charge in [-0.3, -0.25) is 4.79 Å². The summed E-state index contributed by atoms with van der Waals surface area (Å²) in [6.45, 7) is 8.34. The predicted octanol–water partition coefficient (Wildman–Crippen LogP) is 4.00. The lowest BCUT2D eigenvalue weighted by atomic mass is 10.0. The molecule has 1 fully saturated rings. The van der Waals surface area contributed by atoms with Crippen molar-refractivity contribution >= 4 is 45.3 Å². The highest BCUT2D eigenvalue weighted by molar-refractivity contribution is 7.17. The molecular weight excluding hydrogens is 468 g/mol. The topological polar surface area (TPSA) is 127 Å². The second kappa shape index (κ2) is 10.5. The third-order valence-electron chi connectivity index (χ3n) is 5.34. The third kappa shape index (κ3) is 6.43. The van der Waals surface area contributed by atoms with Crippen LogP contribution in [0.3, 0.4) is 0 Å². The van der Waals surface area contributed by atoms with Gasteiger partial charge in [-0.25, -0.2) is 19.7 Å². The highest BCUT2D eigenvalue weighted by atomic mass is 32.1. The van der Waals surface area contributed by atoms with Gasteiger partial charge < -0.3 is 25.4 Å². The van der Waals surface area contributed by atoms with Gasteiger partial charge in [0.2, 0.25) is 5.95 Å². The molecule has 1 aliphatic heterocycles. The quantitative estimate of drug-likeness (QED) is 0.465. The summed E-state index contributed by atoms with van der Waals surface area (Å²) < 4.78 is 11.7. The van der Waals surface area contributed by atoms with Gasteiger partial charge in [0, 0.05) is 17.7 Å². The Bertz CT molecular complexity index is 1210. The van der Waals surface area contributed by atoms with Crippen LogP contribution in [-0.4, -0.2) is 57.9 Å². The molecule has 4 rings (SSSR count). The Labute approximate surface area is 207 Å². The Hall–Kier alpha value is -3.31. The number of nitrogens with one attached hydrogen (secondary N) is 3. The van der Waals surface area contributed by atoms with Crippen LogP contribution in [0.15, 0.2) is 29.8 Å². The van der Waals surface area contributed by atoms with E-state index in [9.17, 15) is 9.59 Å². The molecule has 2 atom stereocenters. The van der Waals surface area contributed by atoms with Crippen LogP contribution >= 0.6 is 11.3 Å². The fraction of sp³-hybridized carbons (Fsp3) is 0.458. The molecule has 3 aromatic rings. The monoisotopic (exact) mass is 498 g/mol. The van der Waals surface area contributed by atoms with Crippen molar-refractivity contribution in [2.24, 2.45) is 0 Å². The summed E-state index contributed by atoms with van der Waals surface area (Å²) in [6, 6.07) is 5.07. The lowest BCUT2D eigenvalue weighted by Gasteiger charge is -2.33. The van der Waals surface area contributed by atoms with Crippen molar-refractivity contribution in [1.29, 1.82) is 0 Å². The van der Waals surface area contributed by atoms with Crippen molar-refractivity contribution in [3.05, 3.63) is 41.0 Å². The number of hydrogen-bond donors (Lipinski definition) is 3. The van der Waals surface area contributed by atoms with Gasteiger partial charge in [0.25, 0.3) is 5.91 Å². The van der Waals surface area contributed by atoms with Gasteiger partial charge >= 0.3 is 6.09 Å². The van der Waals surface area contributed by atoms with E-state index in [1.807, 2.05) is 39.8 Å². The first-order valence-electron chi connectivity index (χ1n) is 11.6. The molecule has 10 nitrogen and oxygen atoms in total. The average molecular weight is 499 g/mol. The number of amides is 2. The van der Waals surface area contributed by atoms with E-state index in [4.69, 9.17) is 9.47 Å². The molecular formula is C24H30N6O4S. The molecule has 186 valence electrons. The highest BCUT2D eigenvalue weighted by Crippen LogP contribution is 2.26. The van der Waals surface area contributed by atoms with Crippen LogP contribution in [-0.2, 0) is 15.9 Å². The largest absolute Gasteiger partial charge is 0.444 e. The number of hydrogen-bond acceptors (Lipinski definition) is 9. The summed E-state index contributed by atoms with van der Waals surface area (Å²) in [4.78, 5) is 38.7. The number of pyridine rings is 1. The predicted molar refractivity (Wildman–Crippen MR) is 135 cm³/mol. The molecule has 0 spiro atoms. The van der Waals surface area contributed by atoms with E-state index in [0.29, 0.717) is 42.5 Å². The fourth-order valence-corrected chi connectivity index (χ4v) is 4.51. The number of rotatable bonds is 6. The summed E-state index contributed by atoms with van der Waals surface area (Å²) >= 11 is 1.40. The van der Waals surface area contributed by atoms with E-state index in [-0.39, 0.29) is 18.0 Å². The molecule has 0 bridgehead atoms. The molecule has 0 aromatic carbocycles. The zero-order valence-electron chi connectivity index (χ0n) is 20.3. The van der Waals surface area contributed by atoms with E-state index >= 15 is 0 Å². The second-order valence-electron chi connectivity index (χ2n) is 9.24. The van der Waals surface area contributed by atoms with Crippen LogP contribution in [0, 0.1) is 0 Å². The highest BCUT2D eigenvalue weighted by Gasteiger charge is 2.30. The molecule has 1 saturated heterocycles. The molecule has 0 aliphatic carbocycles. The second-order valence-corrected chi connectivity index (χ2v) is 10.2. The Morgan fingerprint density at radius 2 is 2.06 bits per heavy atom. The molecule has 0 saturated carbocycles. The van der Waals surface area contributed by atoms with Crippen LogP contribution in [0.25, 0.3) is 10.2 Å². The Morgan fingerprint density at radius 1 is 1.23 bits per heavy atom. The number of thiophene rings is 1. The number of nitrogens with zero attached hydrogens (tertiary/aromatic N) is 3. The fourth-order valence-electron chi connectivity index (χ4n) is 3.67. The van der Waals surface area contributed by atoms with E-state index in [0.717, 1.165) is 16.8 Å². The number of anilines is 2. The third-order valence-corrected chi connectivity index (χ3v) is 6.25. The zero-order chi connectivity index (χ0) is 25.0. The maximum atomic E-state index is 13.0. The molecule has 3 N–H and O–H groups in total. The van der Waals surface area contributed by atoms with E-state index in [2.05, 4.69) is 30.9 Å². The maximum absolute atomic E-state index is 13.0. The molecule has 1 aliphatic rings. The van der Waals surface area contributed by atoms with Gasteiger partial charge in [-0.05, 0) is 45.7 Å². The van der Waals surface area contributed by atoms with Crippen molar-refractivity contribution in [1.82, 2.24) is 20.3 Å². The van der Waals surface area contributed by atoms with Gasteiger partial charge in [0.1, 0.15) is 11.4 Å². The van der Waals surface area contributed by atoms with Crippen LogP contribution in [0.2, 0.25) is 0 Å². The standard InChI is InChI=1S/C24H30N6O4S/c1-5-14-7-6-8-19(26-14)29-21(31)15-13-35-18-11-25-22(30-20(15)18)27-16-9-10-33-12-17(16)28-23(32)34-24(2,3)4/h6-8,11,13,16-17H,5,9-10,12H2,1-4H3,(H,28,32)(H,25,27,30)(H,26,29,31)/t16-,17+/m1/s1. The number of aryl methyl sites for hydroxylation is 1. The minimum atomic E-state index is -0.597. The van der Waals surface area contributed by atoms with Crippen LogP contribution in [0.1, 0.15) is 50.2 Å². The van der Waals surface area contributed by atoms with Crippen molar-refractivity contribution in [3.63, 3.8) is 0 Å². The van der Waals surface area contributed by atoms with Crippen molar-refractivity contribution in [2.45, 2.75) is 58.2 Å². The van der Waals surface area contributed by atoms with Crippen molar-refractivity contribution < 1.29 is 19.1 Å². The minimum absolute atomic E-state index is 0.161. The molecule has 11 heteroatoms. The number of alkyl carbamates (subject to hydrolysis) is 1. The summed E-state index contributed by atoms with van der Waals surface area (Å²) in [5.74, 6) is 0.593. The number of carbonyl (C=O) groups excluding carboxylic acids is 2. The first-order valence-corrected chi connectivity index (χ1v) is 12.4. The lowest BCUT2D eigenvalue weighted by molar-refractivity contribution is 0.0317. The van der Waals surface area contributed by atoms with Gasteiger partial charge in [-0.2, -0.15) is 0 Å². The van der Waals surface area contributed by atoms with Crippen molar-refractivity contribution in [2.75, 3.05) is 23.8 Å². The Morgan fingerprint density at radius 3 is 2.83 bits per heavy atom.